The molecular formula is C41H73NO8. The smallest absolute Gasteiger partial charge is 0.306 e. The lowest BCUT2D eigenvalue weighted by molar-refractivity contribution is -0.870. The first kappa shape index (κ1) is 47.5. The van der Waals surface area contributed by atoms with Crippen molar-refractivity contribution in [2.75, 3.05) is 47.5 Å². The van der Waals surface area contributed by atoms with Gasteiger partial charge in [0.25, 0.3) is 0 Å². The third kappa shape index (κ3) is 34.0. The Morgan fingerprint density at radius 1 is 0.620 bits per heavy atom. The maximum Gasteiger partial charge on any atom is 0.306 e. The van der Waals surface area contributed by atoms with Crippen molar-refractivity contribution in [2.45, 2.75) is 161 Å². The molecule has 0 saturated carbocycles. The van der Waals surface area contributed by atoms with E-state index in [0.29, 0.717) is 17.4 Å². The molecule has 0 bridgehead atoms. The van der Waals surface area contributed by atoms with Crippen LogP contribution in [0, 0.1) is 0 Å². The van der Waals surface area contributed by atoms with Crippen molar-refractivity contribution in [3.05, 3.63) is 36.5 Å². The third-order valence-electron chi connectivity index (χ3n) is 8.15. The Kier molecular flexibility index (Phi) is 32.0. The fourth-order valence-corrected chi connectivity index (χ4v) is 5.08. The van der Waals surface area contributed by atoms with Crippen LogP contribution in [0.4, 0.5) is 0 Å². The van der Waals surface area contributed by atoms with Gasteiger partial charge in [-0.3, -0.25) is 9.59 Å². The quantitative estimate of drug-likeness (QED) is 0.0213. The van der Waals surface area contributed by atoms with E-state index in [2.05, 4.69) is 50.3 Å². The van der Waals surface area contributed by atoms with Gasteiger partial charge < -0.3 is 33.3 Å². The molecule has 0 aliphatic heterocycles. The highest BCUT2D eigenvalue weighted by molar-refractivity contribution is 5.70. The topological polar surface area (TPSA) is 111 Å². The molecule has 0 amide bonds. The van der Waals surface area contributed by atoms with Crippen molar-refractivity contribution in [1.82, 2.24) is 0 Å². The van der Waals surface area contributed by atoms with Gasteiger partial charge in [0.15, 0.2) is 12.4 Å². The van der Waals surface area contributed by atoms with Crippen LogP contribution in [0.25, 0.3) is 0 Å². The van der Waals surface area contributed by atoms with Crippen molar-refractivity contribution in [1.29, 1.82) is 0 Å². The minimum atomic E-state index is -1.62. The van der Waals surface area contributed by atoms with Crippen molar-refractivity contribution >= 4 is 17.9 Å². The minimum absolute atomic E-state index is 0.142. The average Bonchev–Trinajstić information content (AvgIpc) is 3.06. The van der Waals surface area contributed by atoms with Gasteiger partial charge in [-0.1, -0.05) is 127 Å². The van der Waals surface area contributed by atoms with Crippen LogP contribution in [-0.2, 0) is 33.3 Å². The molecule has 0 aliphatic carbocycles. The number of allylic oxidation sites excluding steroid dienone is 6. The molecule has 0 rings (SSSR count). The summed E-state index contributed by atoms with van der Waals surface area (Å²) in [7, 11) is 5.88. The second kappa shape index (κ2) is 33.6. The number of ether oxygens (including phenoxy) is 4. The molecule has 0 aliphatic rings. The number of unbranched alkanes of at least 4 members (excludes halogenated alkanes) is 14. The predicted octanol–water partition coefficient (Wildman–Crippen LogP) is 8.16. The van der Waals surface area contributed by atoms with E-state index in [1.807, 2.05) is 21.1 Å². The van der Waals surface area contributed by atoms with Gasteiger partial charge in [-0.15, -0.1) is 0 Å². The second-order valence-corrected chi connectivity index (χ2v) is 14.2. The van der Waals surface area contributed by atoms with Crippen LogP contribution < -0.4 is 5.11 Å². The molecule has 0 aromatic carbocycles. The molecule has 0 heterocycles. The zero-order valence-electron chi connectivity index (χ0n) is 32.5. The number of hydrogen-bond acceptors (Lipinski definition) is 8. The Bertz CT molecular complexity index is 924. The van der Waals surface area contributed by atoms with E-state index >= 15 is 0 Å². The Labute approximate surface area is 305 Å². The summed E-state index contributed by atoms with van der Waals surface area (Å²) in [4.78, 5) is 36.7. The lowest BCUT2D eigenvalue weighted by atomic mass is 10.0. The summed E-state index contributed by atoms with van der Waals surface area (Å²) < 4.78 is 22.4. The number of esters is 2. The fourth-order valence-electron chi connectivity index (χ4n) is 5.08. The lowest BCUT2D eigenvalue weighted by Crippen LogP contribution is -2.44. The Morgan fingerprint density at radius 3 is 1.70 bits per heavy atom. The zero-order chi connectivity index (χ0) is 37.1. The largest absolute Gasteiger partial charge is 0.545 e. The number of carbonyl (C=O) groups is 3. The molecule has 9 heteroatoms. The van der Waals surface area contributed by atoms with Crippen LogP contribution in [0.15, 0.2) is 36.5 Å². The summed E-state index contributed by atoms with van der Waals surface area (Å²) in [5, 5.41) is 11.6. The molecule has 0 saturated heterocycles. The maximum absolute atomic E-state index is 12.7. The number of carbonyl (C=O) groups excluding carboxylic acids is 3. The number of aliphatic carboxylic acids is 1. The molecule has 50 heavy (non-hydrogen) atoms. The number of rotatable bonds is 35. The highest BCUT2D eigenvalue weighted by atomic mass is 16.7. The van der Waals surface area contributed by atoms with Gasteiger partial charge in [-0.25, -0.2) is 0 Å². The summed E-state index contributed by atoms with van der Waals surface area (Å²) in [6.07, 6.45) is 31.8. The molecular weight excluding hydrogens is 634 g/mol. The molecule has 0 aromatic heterocycles. The first-order chi connectivity index (χ1) is 24.1. The summed E-state index contributed by atoms with van der Waals surface area (Å²) in [5.41, 5.74) is 0. The van der Waals surface area contributed by atoms with Crippen LogP contribution in [0.1, 0.15) is 149 Å². The van der Waals surface area contributed by atoms with Crippen LogP contribution in [0.3, 0.4) is 0 Å². The highest BCUT2D eigenvalue weighted by Crippen LogP contribution is 2.13. The van der Waals surface area contributed by atoms with Gasteiger partial charge in [0.05, 0.1) is 40.3 Å². The first-order valence-electron chi connectivity index (χ1n) is 19.6. The summed E-state index contributed by atoms with van der Waals surface area (Å²) in [6, 6.07) is 0. The van der Waals surface area contributed by atoms with Crippen LogP contribution in [0.2, 0.25) is 0 Å². The average molecular weight is 708 g/mol. The summed E-state index contributed by atoms with van der Waals surface area (Å²) in [5.74, 6) is -2.33. The number of carboxylic acids is 1. The highest BCUT2D eigenvalue weighted by Gasteiger charge is 2.21. The van der Waals surface area contributed by atoms with E-state index in [9.17, 15) is 19.5 Å². The molecule has 0 fully saturated rings. The number of likely N-dealkylation sites (N-methyl/N-ethyl adjacent to an activating group) is 1. The number of quaternary nitrogens is 1. The maximum atomic E-state index is 12.7. The van der Waals surface area contributed by atoms with Crippen LogP contribution in [0.5, 0.6) is 0 Å². The standard InChI is InChI=1S/C41H73NO8/c1-6-8-10-12-14-16-18-20-22-24-26-28-30-32-39(44)50-37(36-49-41(40(45)46)47-34-33-42(3,4)5)35-48-38(43)31-29-27-25-23-21-19-17-15-13-11-9-7-2/h8,10,14,16,20,22,37,41H,6-7,9,11-13,15,17-19,21,23-36H2,1-5H3/b10-8-,16-14-,22-20-. The van der Waals surface area contributed by atoms with Gasteiger partial charge in [0.1, 0.15) is 13.2 Å². The molecule has 290 valence electrons. The van der Waals surface area contributed by atoms with Gasteiger partial charge in [0, 0.05) is 12.8 Å². The van der Waals surface area contributed by atoms with Crippen molar-refractivity contribution < 1.29 is 42.9 Å². The third-order valence-corrected chi connectivity index (χ3v) is 8.15. The minimum Gasteiger partial charge on any atom is -0.545 e. The van der Waals surface area contributed by atoms with Crippen molar-refractivity contribution in [3.63, 3.8) is 0 Å². The first-order valence-corrected chi connectivity index (χ1v) is 19.6. The van der Waals surface area contributed by atoms with E-state index in [0.717, 1.165) is 57.8 Å². The molecule has 0 spiro atoms. The van der Waals surface area contributed by atoms with E-state index in [1.54, 1.807) is 0 Å². The van der Waals surface area contributed by atoms with Crippen LogP contribution in [-0.4, -0.2) is 82.3 Å². The van der Waals surface area contributed by atoms with Gasteiger partial charge in [0.2, 0.25) is 0 Å². The van der Waals surface area contributed by atoms with E-state index in [4.69, 9.17) is 18.9 Å². The lowest BCUT2D eigenvalue weighted by Gasteiger charge is -2.26. The van der Waals surface area contributed by atoms with Crippen molar-refractivity contribution in [2.24, 2.45) is 0 Å². The molecule has 2 atom stereocenters. The van der Waals surface area contributed by atoms with E-state index < -0.39 is 24.3 Å². The Hall–Kier alpha value is -2.49. The zero-order valence-corrected chi connectivity index (χ0v) is 32.5. The Morgan fingerprint density at radius 2 is 1.14 bits per heavy atom. The SMILES string of the molecule is CC/C=C\C/C=C\C/C=C\CCCCCC(=O)OC(COC(=O)CCCCCCCCCCCCCC)COC(OCC[N+](C)(C)C)C(=O)[O-]. The van der Waals surface area contributed by atoms with Crippen LogP contribution >= 0.6 is 0 Å². The van der Waals surface area contributed by atoms with Crippen molar-refractivity contribution in [3.8, 4) is 0 Å². The number of hydrogen-bond donors (Lipinski definition) is 0. The molecule has 2 unspecified atom stereocenters. The van der Waals surface area contributed by atoms with Gasteiger partial charge in [-0.05, 0) is 44.9 Å². The van der Waals surface area contributed by atoms with E-state index in [1.165, 1.54) is 57.8 Å². The molecule has 9 nitrogen and oxygen atoms in total. The molecule has 0 aromatic rings. The Balaban J connectivity index is 4.58. The summed E-state index contributed by atoms with van der Waals surface area (Å²) in [6.45, 7) is 4.56. The molecule has 0 radical (unpaired) electrons. The summed E-state index contributed by atoms with van der Waals surface area (Å²) >= 11 is 0. The van der Waals surface area contributed by atoms with Gasteiger partial charge in [-0.2, -0.15) is 0 Å². The molecule has 0 N–H and O–H groups in total. The fraction of sp³-hybridized carbons (Fsp3) is 0.780. The number of carboxylic acid groups (broad SMARTS) is 1. The van der Waals surface area contributed by atoms with E-state index in [-0.39, 0.29) is 38.6 Å². The normalized spacial score (nSPS) is 13.4. The second-order valence-electron chi connectivity index (χ2n) is 14.2. The number of nitrogens with zero attached hydrogens (tertiary/aromatic N) is 1. The monoisotopic (exact) mass is 708 g/mol. The van der Waals surface area contributed by atoms with Gasteiger partial charge >= 0.3 is 11.9 Å². The predicted molar refractivity (Wildman–Crippen MR) is 200 cm³/mol.